The molecular formula is C10H16F3NO4. The molecule has 2 unspecified atom stereocenters. The highest BCUT2D eigenvalue weighted by Gasteiger charge is 2.63. The highest BCUT2D eigenvalue weighted by Crippen LogP contribution is 2.38. The van der Waals surface area contributed by atoms with Crippen molar-refractivity contribution in [2.75, 3.05) is 13.1 Å². The van der Waals surface area contributed by atoms with Gasteiger partial charge in [0.2, 0.25) is 5.60 Å². The second-order valence-electron chi connectivity index (χ2n) is 5.30. The third kappa shape index (κ3) is 2.86. The Kier molecular flexibility index (Phi) is 3.57. The van der Waals surface area contributed by atoms with Gasteiger partial charge in [-0.15, -0.1) is 0 Å². The maximum Gasteiger partial charge on any atom is 0.421 e. The molecule has 1 aliphatic rings. The first-order valence-electron chi connectivity index (χ1n) is 5.32. The van der Waals surface area contributed by atoms with E-state index >= 15 is 0 Å². The van der Waals surface area contributed by atoms with Crippen molar-refractivity contribution in [3.63, 3.8) is 0 Å². The lowest BCUT2D eigenvalue weighted by Gasteiger charge is -2.28. The van der Waals surface area contributed by atoms with Crippen LogP contribution in [0.3, 0.4) is 0 Å². The summed E-state index contributed by atoms with van der Waals surface area (Å²) in [6.45, 7) is 3.03. The highest BCUT2D eigenvalue weighted by molar-refractivity contribution is 5.69. The van der Waals surface area contributed by atoms with Crippen LogP contribution in [0.1, 0.15) is 20.8 Å². The lowest BCUT2D eigenvalue weighted by atomic mass is 10.0. The standard InChI is InChI=1S/C10H16F3NO4/c1-8(2,3)18-7(16)14-4-6(15)9(17,5-14)10(11,12)13/h6,15,17H,4-5H2,1-3H3. The summed E-state index contributed by atoms with van der Waals surface area (Å²) in [5.41, 5.74) is -4.16. The first-order chi connectivity index (χ1) is 7.87. The Hall–Kier alpha value is -1.02. The van der Waals surface area contributed by atoms with Gasteiger partial charge < -0.3 is 19.8 Å². The minimum Gasteiger partial charge on any atom is -0.444 e. The second-order valence-corrected chi connectivity index (χ2v) is 5.30. The van der Waals surface area contributed by atoms with Crippen LogP contribution in [0.4, 0.5) is 18.0 Å². The van der Waals surface area contributed by atoms with Crippen LogP contribution in [0.25, 0.3) is 0 Å². The number of carbonyl (C=O) groups excluding carboxylic acids is 1. The zero-order chi connectivity index (χ0) is 14.4. The van der Waals surface area contributed by atoms with Gasteiger partial charge in [-0.25, -0.2) is 4.79 Å². The Bertz CT molecular complexity index is 339. The first-order valence-corrected chi connectivity index (χ1v) is 5.32. The number of β-amino-alcohol motifs (C(OH)–C–C–N with tert-alkyl or cyclic N) is 2. The van der Waals surface area contributed by atoms with Crippen LogP contribution in [0, 0.1) is 0 Å². The summed E-state index contributed by atoms with van der Waals surface area (Å²) in [5, 5.41) is 18.7. The molecule has 0 saturated carbocycles. The third-order valence-electron chi connectivity index (χ3n) is 2.52. The molecule has 0 aromatic carbocycles. The van der Waals surface area contributed by atoms with E-state index in [0.717, 1.165) is 0 Å². The largest absolute Gasteiger partial charge is 0.444 e. The Labute approximate surface area is 102 Å². The molecule has 8 heteroatoms. The monoisotopic (exact) mass is 271 g/mol. The van der Waals surface area contributed by atoms with Gasteiger partial charge >= 0.3 is 12.3 Å². The lowest BCUT2D eigenvalue weighted by Crippen LogP contribution is -2.54. The molecule has 0 bridgehead atoms. The average Bonchev–Trinajstić information content (AvgIpc) is 2.40. The molecule has 5 nitrogen and oxygen atoms in total. The van der Waals surface area contributed by atoms with Gasteiger partial charge in [0.05, 0.1) is 13.1 Å². The molecule has 0 radical (unpaired) electrons. The van der Waals surface area contributed by atoms with E-state index in [1.54, 1.807) is 20.8 Å². The maximum absolute atomic E-state index is 12.6. The smallest absolute Gasteiger partial charge is 0.421 e. The quantitative estimate of drug-likeness (QED) is 0.686. The predicted octanol–water partition coefficient (Wildman–Crippen LogP) is 0.891. The molecule has 1 rings (SSSR count). The molecule has 18 heavy (non-hydrogen) atoms. The number of carbonyl (C=O) groups is 1. The van der Waals surface area contributed by atoms with Crippen molar-refractivity contribution in [3.05, 3.63) is 0 Å². The summed E-state index contributed by atoms with van der Waals surface area (Å²) in [6, 6.07) is 0. The van der Waals surface area contributed by atoms with Crippen LogP contribution >= 0.6 is 0 Å². The number of likely N-dealkylation sites (tertiary alicyclic amines) is 1. The number of hydrogen-bond acceptors (Lipinski definition) is 4. The minimum atomic E-state index is -5.01. The van der Waals surface area contributed by atoms with Gasteiger partial charge in [-0.1, -0.05) is 0 Å². The fourth-order valence-corrected chi connectivity index (χ4v) is 1.56. The fourth-order valence-electron chi connectivity index (χ4n) is 1.56. The van der Waals surface area contributed by atoms with Gasteiger partial charge in [-0.05, 0) is 20.8 Å². The van der Waals surface area contributed by atoms with Crippen LogP contribution < -0.4 is 0 Å². The highest BCUT2D eigenvalue weighted by atomic mass is 19.4. The molecule has 106 valence electrons. The molecule has 1 heterocycles. The van der Waals surface area contributed by atoms with Crippen molar-refractivity contribution in [1.82, 2.24) is 4.90 Å². The summed E-state index contributed by atoms with van der Waals surface area (Å²) in [5.74, 6) is 0. The van der Waals surface area contributed by atoms with E-state index in [9.17, 15) is 28.2 Å². The molecule has 0 spiro atoms. The van der Waals surface area contributed by atoms with E-state index in [1.165, 1.54) is 0 Å². The fraction of sp³-hybridized carbons (Fsp3) is 0.900. The predicted molar refractivity (Wildman–Crippen MR) is 54.8 cm³/mol. The molecule has 2 N–H and O–H groups in total. The number of halogens is 3. The maximum atomic E-state index is 12.6. The van der Waals surface area contributed by atoms with Crippen LogP contribution in [0.2, 0.25) is 0 Å². The number of alkyl halides is 3. The van der Waals surface area contributed by atoms with E-state index in [2.05, 4.69) is 0 Å². The van der Waals surface area contributed by atoms with Crippen molar-refractivity contribution >= 4 is 6.09 Å². The number of ether oxygens (including phenoxy) is 1. The summed E-state index contributed by atoms with van der Waals surface area (Å²) >= 11 is 0. The topological polar surface area (TPSA) is 70.0 Å². The van der Waals surface area contributed by atoms with E-state index in [1.807, 2.05) is 0 Å². The van der Waals surface area contributed by atoms with Gasteiger partial charge in [-0.3, -0.25) is 0 Å². The second kappa shape index (κ2) is 4.27. The Morgan fingerprint density at radius 1 is 1.39 bits per heavy atom. The summed E-state index contributed by atoms with van der Waals surface area (Å²) in [4.78, 5) is 12.2. The van der Waals surface area contributed by atoms with Gasteiger partial charge in [0.15, 0.2) is 0 Å². The molecule has 1 amide bonds. The number of nitrogens with zero attached hydrogens (tertiary/aromatic N) is 1. The summed E-state index contributed by atoms with van der Waals surface area (Å²) in [6.07, 6.45) is -8.09. The van der Waals surface area contributed by atoms with Crippen molar-refractivity contribution in [2.45, 2.75) is 44.3 Å². The number of rotatable bonds is 0. The Balaban J connectivity index is 2.79. The van der Waals surface area contributed by atoms with E-state index in [0.29, 0.717) is 4.90 Å². The van der Waals surface area contributed by atoms with E-state index in [4.69, 9.17) is 4.74 Å². The molecule has 1 saturated heterocycles. The molecule has 0 aliphatic carbocycles. The Morgan fingerprint density at radius 3 is 2.22 bits per heavy atom. The van der Waals surface area contributed by atoms with Gasteiger partial charge in [-0.2, -0.15) is 13.2 Å². The minimum absolute atomic E-state index is 0.620. The molecule has 1 fully saturated rings. The molecule has 1 aliphatic heterocycles. The first kappa shape index (κ1) is 15.0. The number of amides is 1. The molecule has 0 aromatic rings. The van der Waals surface area contributed by atoms with Gasteiger partial charge in [0, 0.05) is 0 Å². The third-order valence-corrected chi connectivity index (χ3v) is 2.52. The molecular weight excluding hydrogens is 255 g/mol. The van der Waals surface area contributed by atoms with Crippen molar-refractivity contribution in [3.8, 4) is 0 Å². The van der Waals surface area contributed by atoms with Crippen molar-refractivity contribution < 1.29 is 32.9 Å². The number of aliphatic hydroxyl groups excluding tert-OH is 1. The SMILES string of the molecule is CC(C)(C)OC(=O)N1CC(O)C(O)(C(F)(F)F)C1. The van der Waals surface area contributed by atoms with Crippen LogP contribution in [-0.2, 0) is 4.74 Å². The van der Waals surface area contributed by atoms with E-state index in [-0.39, 0.29) is 0 Å². The van der Waals surface area contributed by atoms with Crippen LogP contribution in [-0.4, -0.2) is 57.8 Å². The zero-order valence-corrected chi connectivity index (χ0v) is 10.3. The summed E-state index contributed by atoms with van der Waals surface area (Å²) < 4.78 is 42.6. The van der Waals surface area contributed by atoms with Gasteiger partial charge in [0.1, 0.15) is 11.7 Å². The molecule has 0 aromatic heterocycles. The summed E-state index contributed by atoms with van der Waals surface area (Å²) in [7, 11) is 0. The van der Waals surface area contributed by atoms with Crippen LogP contribution in [0.5, 0.6) is 0 Å². The Morgan fingerprint density at radius 2 is 1.89 bits per heavy atom. The van der Waals surface area contributed by atoms with Crippen molar-refractivity contribution in [1.29, 1.82) is 0 Å². The van der Waals surface area contributed by atoms with Crippen LogP contribution in [0.15, 0.2) is 0 Å². The molecule has 2 atom stereocenters. The number of hydrogen-bond donors (Lipinski definition) is 2. The number of aliphatic hydroxyl groups is 2. The zero-order valence-electron chi connectivity index (χ0n) is 10.3. The van der Waals surface area contributed by atoms with Gasteiger partial charge in [0.25, 0.3) is 0 Å². The van der Waals surface area contributed by atoms with Crippen molar-refractivity contribution in [2.24, 2.45) is 0 Å². The van der Waals surface area contributed by atoms with E-state index < -0.39 is 42.7 Å². The average molecular weight is 271 g/mol. The normalized spacial score (nSPS) is 29.6. The lowest BCUT2D eigenvalue weighted by molar-refractivity contribution is -0.276.